The number of amides is 1. The second kappa shape index (κ2) is 52.0. The first kappa shape index (κ1) is 60.3. The van der Waals surface area contributed by atoms with Gasteiger partial charge in [0.2, 0.25) is 5.91 Å². The number of nitrogens with one attached hydrogen (secondary N) is 1. The van der Waals surface area contributed by atoms with E-state index in [0.29, 0.717) is 25.9 Å². The summed E-state index contributed by atoms with van der Waals surface area (Å²) in [7, 11) is 0. The standard InChI is InChI=1S/C56H107NO5/c1-3-5-7-9-11-13-15-17-19-22-26-30-34-38-42-46-50-56(61)62-51-47-43-39-35-31-27-23-20-21-25-29-33-37-41-45-49-55(60)57-53(52-58)54(59)48-44-40-36-32-28-24-18-16-14-12-10-8-6-4-2/h20,23,27,31,53-54,58-59H,3-19,21-22,24-26,28-30,32-52H2,1-2H3,(H,57,60)/b23-20-,31-27-. The highest BCUT2D eigenvalue weighted by atomic mass is 16.5. The first-order valence-corrected chi connectivity index (χ1v) is 27.6. The maximum Gasteiger partial charge on any atom is 0.305 e. The van der Waals surface area contributed by atoms with Gasteiger partial charge >= 0.3 is 5.97 Å². The number of allylic oxidation sites excluding steroid dienone is 4. The van der Waals surface area contributed by atoms with Crippen LogP contribution in [0.25, 0.3) is 0 Å². The van der Waals surface area contributed by atoms with Crippen LogP contribution in [0.15, 0.2) is 24.3 Å². The molecule has 0 aliphatic rings. The molecule has 0 aromatic rings. The molecule has 0 heterocycles. The topological polar surface area (TPSA) is 95.9 Å². The number of hydrogen-bond donors (Lipinski definition) is 3. The quantitative estimate of drug-likeness (QED) is 0.0321. The minimum Gasteiger partial charge on any atom is -0.466 e. The van der Waals surface area contributed by atoms with Gasteiger partial charge in [0.15, 0.2) is 0 Å². The van der Waals surface area contributed by atoms with Gasteiger partial charge in [0, 0.05) is 12.8 Å². The van der Waals surface area contributed by atoms with E-state index in [-0.39, 0.29) is 18.5 Å². The first-order chi connectivity index (χ1) is 30.5. The van der Waals surface area contributed by atoms with Gasteiger partial charge in [-0.2, -0.15) is 0 Å². The van der Waals surface area contributed by atoms with Crippen LogP contribution in [0.4, 0.5) is 0 Å². The summed E-state index contributed by atoms with van der Waals surface area (Å²) in [5, 5.41) is 23.2. The van der Waals surface area contributed by atoms with Crippen molar-refractivity contribution in [3.05, 3.63) is 24.3 Å². The third kappa shape index (κ3) is 47.8. The minimum atomic E-state index is -0.677. The van der Waals surface area contributed by atoms with Gasteiger partial charge in [0.1, 0.15) is 0 Å². The molecule has 0 aliphatic carbocycles. The molecule has 0 fully saturated rings. The summed E-state index contributed by atoms with van der Waals surface area (Å²) in [5.74, 6) is -0.0748. The Morgan fingerprint density at radius 2 is 0.790 bits per heavy atom. The lowest BCUT2D eigenvalue weighted by Crippen LogP contribution is -2.45. The molecular weight excluding hydrogens is 767 g/mol. The molecule has 3 N–H and O–H groups in total. The molecule has 0 rings (SSSR count). The Hall–Kier alpha value is -1.66. The van der Waals surface area contributed by atoms with E-state index in [4.69, 9.17) is 4.74 Å². The molecule has 6 nitrogen and oxygen atoms in total. The molecule has 366 valence electrons. The second-order valence-corrected chi connectivity index (χ2v) is 18.9. The Morgan fingerprint density at radius 1 is 0.452 bits per heavy atom. The highest BCUT2D eigenvalue weighted by Crippen LogP contribution is 2.17. The zero-order valence-electron chi connectivity index (χ0n) is 41.6. The second-order valence-electron chi connectivity index (χ2n) is 18.9. The van der Waals surface area contributed by atoms with Crippen LogP contribution in [0.1, 0.15) is 296 Å². The molecule has 62 heavy (non-hydrogen) atoms. The van der Waals surface area contributed by atoms with E-state index in [2.05, 4.69) is 43.5 Å². The number of ether oxygens (including phenoxy) is 1. The van der Waals surface area contributed by atoms with E-state index in [9.17, 15) is 19.8 Å². The van der Waals surface area contributed by atoms with Crippen LogP contribution in [0.3, 0.4) is 0 Å². The average molecular weight is 874 g/mol. The fourth-order valence-corrected chi connectivity index (χ4v) is 8.51. The van der Waals surface area contributed by atoms with Crippen molar-refractivity contribution < 1.29 is 24.5 Å². The Balaban J connectivity index is 3.50. The summed E-state index contributed by atoms with van der Waals surface area (Å²) < 4.78 is 5.45. The number of aliphatic hydroxyl groups excluding tert-OH is 2. The summed E-state index contributed by atoms with van der Waals surface area (Å²) in [4.78, 5) is 24.5. The van der Waals surface area contributed by atoms with Gasteiger partial charge in [-0.15, -0.1) is 0 Å². The number of carbonyl (C=O) groups is 2. The Morgan fingerprint density at radius 3 is 1.19 bits per heavy atom. The maximum atomic E-state index is 12.4. The third-order valence-corrected chi connectivity index (χ3v) is 12.8. The molecule has 0 bridgehead atoms. The normalized spacial score (nSPS) is 12.8. The average Bonchev–Trinajstić information content (AvgIpc) is 3.27. The predicted octanol–water partition coefficient (Wildman–Crippen LogP) is 16.7. The van der Waals surface area contributed by atoms with Crippen LogP contribution >= 0.6 is 0 Å². The number of hydrogen-bond acceptors (Lipinski definition) is 5. The monoisotopic (exact) mass is 874 g/mol. The molecule has 6 heteroatoms. The van der Waals surface area contributed by atoms with E-state index in [1.165, 1.54) is 186 Å². The number of rotatable bonds is 51. The van der Waals surface area contributed by atoms with Crippen LogP contribution in [0.2, 0.25) is 0 Å². The molecule has 0 spiro atoms. The van der Waals surface area contributed by atoms with E-state index in [0.717, 1.165) is 77.0 Å². The number of aliphatic hydroxyl groups is 2. The lowest BCUT2D eigenvalue weighted by molar-refractivity contribution is -0.143. The van der Waals surface area contributed by atoms with Crippen LogP contribution in [-0.2, 0) is 14.3 Å². The molecule has 0 radical (unpaired) electrons. The van der Waals surface area contributed by atoms with Gasteiger partial charge in [-0.3, -0.25) is 9.59 Å². The van der Waals surface area contributed by atoms with Crippen LogP contribution in [0.5, 0.6) is 0 Å². The Kier molecular flexibility index (Phi) is 50.6. The lowest BCUT2D eigenvalue weighted by Gasteiger charge is -2.22. The van der Waals surface area contributed by atoms with Crippen molar-refractivity contribution in [2.75, 3.05) is 13.2 Å². The van der Waals surface area contributed by atoms with Gasteiger partial charge in [0.05, 0.1) is 25.4 Å². The van der Waals surface area contributed by atoms with E-state index in [1.807, 2.05) is 0 Å². The van der Waals surface area contributed by atoms with Crippen molar-refractivity contribution in [3.8, 4) is 0 Å². The van der Waals surface area contributed by atoms with Gasteiger partial charge in [-0.1, -0.05) is 250 Å². The molecule has 0 aliphatic heterocycles. The fraction of sp³-hybridized carbons (Fsp3) is 0.893. The van der Waals surface area contributed by atoms with Crippen LogP contribution in [0, 0.1) is 0 Å². The highest BCUT2D eigenvalue weighted by molar-refractivity contribution is 5.76. The van der Waals surface area contributed by atoms with Crippen molar-refractivity contribution in [3.63, 3.8) is 0 Å². The van der Waals surface area contributed by atoms with Gasteiger partial charge in [-0.05, 0) is 57.8 Å². The number of unbranched alkanes of at least 4 members (excludes halogenated alkanes) is 37. The smallest absolute Gasteiger partial charge is 0.305 e. The molecule has 2 unspecified atom stereocenters. The minimum absolute atomic E-state index is 0.0181. The summed E-state index contributed by atoms with van der Waals surface area (Å²) >= 11 is 0. The maximum absolute atomic E-state index is 12.4. The molecule has 0 saturated carbocycles. The van der Waals surface area contributed by atoms with Crippen molar-refractivity contribution in [2.24, 2.45) is 0 Å². The van der Waals surface area contributed by atoms with Crippen molar-refractivity contribution >= 4 is 11.9 Å². The third-order valence-electron chi connectivity index (χ3n) is 12.8. The lowest BCUT2D eigenvalue weighted by atomic mass is 10.0. The zero-order chi connectivity index (χ0) is 45.1. The number of esters is 1. The van der Waals surface area contributed by atoms with Crippen LogP contribution in [-0.4, -0.2) is 47.4 Å². The zero-order valence-corrected chi connectivity index (χ0v) is 41.6. The highest BCUT2D eigenvalue weighted by Gasteiger charge is 2.20. The van der Waals surface area contributed by atoms with Crippen molar-refractivity contribution in [1.82, 2.24) is 5.32 Å². The fourth-order valence-electron chi connectivity index (χ4n) is 8.51. The summed E-state index contributed by atoms with van der Waals surface area (Å²) in [6.45, 7) is 4.91. The largest absolute Gasteiger partial charge is 0.466 e. The summed E-state index contributed by atoms with van der Waals surface area (Å²) in [6, 6.07) is -0.557. The van der Waals surface area contributed by atoms with E-state index in [1.54, 1.807) is 0 Å². The Labute approximate surface area is 386 Å². The van der Waals surface area contributed by atoms with E-state index < -0.39 is 12.1 Å². The summed E-state index contributed by atoms with van der Waals surface area (Å²) in [6.07, 6.45) is 61.6. The SMILES string of the molecule is CCCCCCCCCCCCCCCCCCC(=O)OCCCCC/C=C\C=C/CCCCCCCCC(=O)NC(CO)C(O)CCCCCCCCCCCCCCCC. The Bertz CT molecular complexity index is 966. The summed E-state index contributed by atoms with van der Waals surface area (Å²) in [5.41, 5.74) is 0. The molecule has 1 amide bonds. The molecule has 0 saturated heterocycles. The predicted molar refractivity (Wildman–Crippen MR) is 269 cm³/mol. The molecular formula is C56H107NO5. The molecule has 0 aromatic carbocycles. The van der Waals surface area contributed by atoms with Gasteiger partial charge < -0.3 is 20.3 Å². The van der Waals surface area contributed by atoms with Crippen molar-refractivity contribution in [2.45, 2.75) is 309 Å². The van der Waals surface area contributed by atoms with Gasteiger partial charge in [-0.25, -0.2) is 0 Å². The van der Waals surface area contributed by atoms with Crippen LogP contribution < -0.4 is 5.32 Å². The first-order valence-electron chi connectivity index (χ1n) is 27.6. The van der Waals surface area contributed by atoms with Gasteiger partial charge in [0.25, 0.3) is 0 Å². The molecule has 2 atom stereocenters. The molecule has 0 aromatic heterocycles. The number of carbonyl (C=O) groups excluding carboxylic acids is 2. The van der Waals surface area contributed by atoms with Crippen molar-refractivity contribution in [1.29, 1.82) is 0 Å². The van der Waals surface area contributed by atoms with E-state index >= 15 is 0 Å².